The number of nitrogens with zero attached hydrogens (tertiary/aromatic N) is 7. The summed E-state index contributed by atoms with van der Waals surface area (Å²) in [5, 5.41) is 18.6. The van der Waals surface area contributed by atoms with Gasteiger partial charge in [0, 0.05) is 44.6 Å². The third-order valence-corrected chi connectivity index (χ3v) is 10.9. The number of halogens is 1. The molecule has 6 rings (SSSR count). The van der Waals surface area contributed by atoms with Crippen LogP contribution in [0.15, 0.2) is 102 Å². The number of carbonyl (C=O) groups excluding carboxylic acids is 1. The molecule has 10 nitrogen and oxygen atoms in total. The van der Waals surface area contributed by atoms with Crippen LogP contribution in [0.4, 0.5) is 11.4 Å². The van der Waals surface area contributed by atoms with E-state index in [9.17, 15) is 18.5 Å². The maximum Gasteiger partial charge on any atom is 0.264 e. The second-order valence-corrected chi connectivity index (χ2v) is 14.4. The Labute approximate surface area is 282 Å². The number of rotatable bonds is 9. The number of benzene rings is 3. The predicted octanol–water partition coefficient (Wildman–Crippen LogP) is 5.75. The molecule has 0 atom stereocenters. The Morgan fingerprint density at radius 2 is 1.64 bits per heavy atom. The van der Waals surface area contributed by atoms with Gasteiger partial charge in [-0.15, -0.1) is 11.3 Å². The summed E-state index contributed by atoms with van der Waals surface area (Å²) in [6.45, 7) is 2.78. The predicted molar refractivity (Wildman–Crippen MR) is 181 cm³/mol. The molecule has 0 bridgehead atoms. The lowest BCUT2D eigenvalue weighted by Crippen LogP contribution is -2.48. The zero-order valence-corrected chi connectivity index (χ0v) is 27.4. The van der Waals surface area contributed by atoms with E-state index in [-0.39, 0.29) is 22.9 Å². The molecule has 3 aromatic carbocycles. The van der Waals surface area contributed by atoms with Crippen molar-refractivity contribution >= 4 is 50.2 Å². The highest BCUT2D eigenvalue weighted by molar-refractivity contribution is 7.92. The van der Waals surface area contributed by atoms with Crippen molar-refractivity contribution in [3.05, 3.63) is 129 Å². The van der Waals surface area contributed by atoms with E-state index >= 15 is 0 Å². The van der Waals surface area contributed by atoms with Crippen molar-refractivity contribution in [2.24, 2.45) is 0 Å². The normalized spacial score (nSPS) is 13.2. The van der Waals surface area contributed by atoms with Gasteiger partial charge in [-0.25, -0.2) is 13.4 Å². The molecule has 0 spiro atoms. The van der Waals surface area contributed by atoms with E-state index in [4.69, 9.17) is 16.9 Å². The van der Waals surface area contributed by atoms with Crippen LogP contribution in [0.25, 0.3) is 0 Å². The Hall–Kier alpha value is -5.14. The van der Waals surface area contributed by atoms with E-state index in [0.717, 1.165) is 11.3 Å². The standard InChI is InChI=1S/C34H28ClN7O3S2/c35-33-13-12-32(46-33)34(43)40-16-14-39(15-17-40)28-8-10-29(11-9-28)42(47(44,45)31-3-1-2-27(18-31)20-37)23-30-21-38-24-41(30)22-26-6-4-25(19-36)5-7-26/h1-13,18,21,24H,14-17,22-23H2. The van der Waals surface area contributed by atoms with Gasteiger partial charge in [0.1, 0.15) is 0 Å². The average molecular weight is 682 g/mol. The Balaban J connectivity index is 1.25. The van der Waals surface area contributed by atoms with Crippen LogP contribution >= 0.6 is 22.9 Å². The SMILES string of the molecule is N#Cc1ccc(Cn2cncc2CN(c2ccc(N3CCN(C(=O)c4ccc(Cl)s4)CC3)cc2)S(=O)(=O)c2cccc(C#N)c2)cc1. The van der Waals surface area contributed by atoms with Crippen LogP contribution in [0.2, 0.25) is 4.34 Å². The summed E-state index contributed by atoms with van der Waals surface area (Å²) in [7, 11) is -4.10. The van der Waals surface area contributed by atoms with Crippen LogP contribution in [0.5, 0.6) is 0 Å². The number of imidazole rings is 1. The number of piperazine rings is 1. The van der Waals surface area contributed by atoms with Gasteiger partial charge in [-0.2, -0.15) is 10.5 Å². The summed E-state index contributed by atoms with van der Waals surface area (Å²) in [5.41, 5.74) is 3.75. The summed E-state index contributed by atoms with van der Waals surface area (Å²) in [4.78, 5) is 21.8. The zero-order chi connectivity index (χ0) is 33.0. The molecule has 0 aliphatic carbocycles. The van der Waals surface area contributed by atoms with E-state index in [1.165, 1.54) is 27.8 Å². The lowest BCUT2D eigenvalue weighted by atomic mass is 10.1. The van der Waals surface area contributed by atoms with Crippen LogP contribution < -0.4 is 9.21 Å². The highest BCUT2D eigenvalue weighted by Crippen LogP contribution is 2.30. The van der Waals surface area contributed by atoms with Gasteiger partial charge in [-0.05, 0) is 72.3 Å². The number of hydrogen-bond donors (Lipinski definition) is 0. The van der Waals surface area contributed by atoms with Gasteiger partial charge < -0.3 is 14.4 Å². The average Bonchev–Trinajstić information content (AvgIpc) is 3.75. The number of carbonyl (C=O) groups is 1. The van der Waals surface area contributed by atoms with Gasteiger partial charge >= 0.3 is 0 Å². The minimum atomic E-state index is -4.10. The molecule has 0 N–H and O–H groups in total. The number of amides is 1. The molecule has 0 unspecified atom stereocenters. The molecule has 1 amide bonds. The molecule has 1 saturated heterocycles. The molecule has 5 aromatic rings. The maximum atomic E-state index is 14.2. The number of nitriles is 2. The van der Waals surface area contributed by atoms with Crippen molar-refractivity contribution in [1.29, 1.82) is 10.5 Å². The highest BCUT2D eigenvalue weighted by atomic mass is 35.5. The topological polar surface area (TPSA) is 126 Å². The van der Waals surface area contributed by atoms with E-state index in [2.05, 4.69) is 16.0 Å². The van der Waals surface area contributed by atoms with Crippen molar-refractivity contribution in [1.82, 2.24) is 14.5 Å². The fourth-order valence-electron chi connectivity index (χ4n) is 5.40. The van der Waals surface area contributed by atoms with Crippen LogP contribution in [-0.2, 0) is 23.1 Å². The molecule has 236 valence electrons. The van der Waals surface area contributed by atoms with Gasteiger partial charge in [-0.3, -0.25) is 9.10 Å². The summed E-state index contributed by atoms with van der Waals surface area (Å²) in [5.74, 6) is -0.0309. The van der Waals surface area contributed by atoms with Gasteiger partial charge in [-0.1, -0.05) is 29.8 Å². The van der Waals surface area contributed by atoms with Gasteiger partial charge in [0.25, 0.3) is 15.9 Å². The van der Waals surface area contributed by atoms with Crippen LogP contribution in [-0.4, -0.2) is 55.0 Å². The lowest BCUT2D eigenvalue weighted by Gasteiger charge is -2.36. The first-order chi connectivity index (χ1) is 22.7. The second kappa shape index (κ2) is 13.7. The Bertz CT molecular complexity index is 2090. The minimum Gasteiger partial charge on any atom is -0.368 e. The van der Waals surface area contributed by atoms with Gasteiger partial charge in [0.15, 0.2) is 0 Å². The van der Waals surface area contributed by atoms with E-state index in [1.807, 2.05) is 39.8 Å². The van der Waals surface area contributed by atoms with Gasteiger partial charge in [0.2, 0.25) is 0 Å². The van der Waals surface area contributed by atoms with Crippen molar-refractivity contribution in [2.75, 3.05) is 35.4 Å². The minimum absolute atomic E-state index is 0.00611. The Morgan fingerprint density at radius 1 is 0.915 bits per heavy atom. The number of hydrogen-bond acceptors (Lipinski definition) is 8. The molecule has 3 heterocycles. The molecule has 13 heteroatoms. The summed E-state index contributed by atoms with van der Waals surface area (Å²) < 4.78 is 32.1. The van der Waals surface area contributed by atoms with Crippen molar-refractivity contribution in [3.8, 4) is 12.1 Å². The lowest BCUT2D eigenvalue weighted by molar-refractivity contribution is 0.0751. The van der Waals surface area contributed by atoms with E-state index in [1.54, 1.807) is 61.1 Å². The fourth-order valence-corrected chi connectivity index (χ4v) is 7.90. The number of aromatic nitrogens is 2. The summed E-state index contributed by atoms with van der Waals surface area (Å²) >= 11 is 7.29. The summed E-state index contributed by atoms with van der Waals surface area (Å²) in [6, 6.07) is 28.1. The molecule has 1 aliphatic heterocycles. The molecule has 2 aromatic heterocycles. The van der Waals surface area contributed by atoms with Crippen LogP contribution in [0.3, 0.4) is 0 Å². The molecular formula is C34H28ClN7O3S2. The number of sulfonamides is 1. The van der Waals surface area contributed by atoms with Crippen molar-refractivity contribution < 1.29 is 13.2 Å². The molecule has 1 aliphatic rings. The third kappa shape index (κ3) is 7.00. The van der Waals surface area contributed by atoms with Gasteiger partial charge in [0.05, 0.1) is 61.6 Å². The molecule has 1 fully saturated rings. The number of anilines is 2. The Morgan fingerprint density at radius 3 is 2.30 bits per heavy atom. The monoisotopic (exact) mass is 681 g/mol. The molecule has 0 radical (unpaired) electrons. The largest absolute Gasteiger partial charge is 0.368 e. The molecular weight excluding hydrogens is 654 g/mol. The van der Waals surface area contributed by atoms with E-state index < -0.39 is 10.0 Å². The van der Waals surface area contributed by atoms with Crippen molar-refractivity contribution in [3.63, 3.8) is 0 Å². The first-order valence-electron chi connectivity index (χ1n) is 14.7. The van der Waals surface area contributed by atoms with E-state index in [0.29, 0.717) is 58.9 Å². The van der Waals surface area contributed by atoms with Crippen molar-refractivity contribution in [2.45, 2.75) is 18.0 Å². The summed E-state index contributed by atoms with van der Waals surface area (Å²) in [6.07, 6.45) is 3.28. The maximum absolute atomic E-state index is 14.2. The fraction of sp³-hybridized carbons (Fsp3) is 0.176. The highest BCUT2D eigenvalue weighted by Gasteiger charge is 2.28. The van der Waals surface area contributed by atoms with Crippen LogP contribution in [0, 0.1) is 22.7 Å². The zero-order valence-electron chi connectivity index (χ0n) is 25.0. The second-order valence-electron chi connectivity index (χ2n) is 10.9. The molecule has 0 saturated carbocycles. The third-order valence-electron chi connectivity index (χ3n) is 7.94. The number of thiophene rings is 1. The first-order valence-corrected chi connectivity index (χ1v) is 17.3. The smallest absolute Gasteiger partial charge is 0.264 e. The molecule has 47 heavy (non-hydrogen) atoms. The Kier molecular flexibility index (Phi) is 9.27. The van der Waals surface area contributed by atoms with Crippen LogP contribution in [0.1, 0.15) is 32.1 Å². The quantitative estimate of drug-likeness (QED) is 0.194. The first kappa shape index (κ1) is 31.8.